The second-order valence-corrected chi connectivity index (χ2v) is 6.67. The van der Waals surface area contributed by atoms with Gasteiger partial charge in [0.25, 0.3) is 0 Å². The van der Waals surface area contributed by atoms with Crippen LogP contribution in [0.3, 0.4) is 0 Å². The number of likely N-dealkylation sites (tertiary alicyclic amines) is 2. The molecular weight excluding hydrogens is 234 g/mol. The maximum Gasteiger partial charge on any atom is 0.0252 e. The van der Waals surface area contributed by atoms with E-state index in [9.17, 15) is 0 Å². The van der Waals surface area contributed by atoms with Crippen molar-refractivity contribution in [1.82, 2.24) is 15.1 Å². The standard InChI is InChI=1S/C16H31N3/c1-2-18-11-4-6-14(9-13-18)19-12-5-8-16(19)15-7-3-10-17-15/h14-17H,2-13H2,1H3. The largest absolute Gasteiger partial charge is 0.312 e. The molecule has 0 amide bonds. The maximum absolute atomic E-state index is 3.75. The zero-order chi connectivity index (χ0) is 13.1. The summed E-state index contributed by atoms with van der Waals surface area (Å²) in [5.74, 6) is 0. The van der Waals surface area contributed by atoms with E-state index in [1.54, 1.807) is 0 Å². The summed E-state index contributed by atoms with van der Waals surface area (Å²) in [6.07, 6.45) is 9.90. The second-order valence-electron chi connectivity index (χ2n) is 6.67. The molecular formula is C16H31N3. The second kappa shape index (κ2) is 6.55. The van der Waals surface area contributed by atoms with Gasteiger partial charge in [-0.15, -0.1) is 0 Å². The highest BCUT2D eigenvalue weighted by molar-refractivity contribution is 4.95. The van der Waals surface area contributed by atoms with Gasteiger partial charge in [-0.25, -0.2) is 0 Å². The Morgan fingerprint density at radius 1 is 0.947 bits per heavy atom. The van der Waals surface area contributed by atoms with Crippen LogP contribution in [-0.4, -0.2) is 60.6 Å². The average Bonchev–Trinajstić information content (AvgIpc) is 3.05. The van der Waals surface area contributed by atoms with Gasteiger partial charge in [0.15, 0.2) is 0 Å². The topological polar surface area (TPSA) is 18.5 Å². The molecule has 3 rings (SSSR count). The Kier molecular flexibility index (Phi) is 4.78. The van der Waals surface area contributed by atoms with E-state index in [-0.39, 0.29) is 0 Å². The molecule has 3 unspecified atom stereocenters. The minimum absolute atomic E-state index is 0.799. The first-order valence-corrected chi connectivity index (χ1v) is 8.60. The fourth-order valence-electron chi connectivity index (χ4n) is 4.53. The van der Waals surface area contributed by atoms with Crippen LogP contribution in [-0.2, 0) is 0 Å². The summed E-state index contributed by atoms with van der Waals surface area (Å²) in [4.78, 5) is 5.53. The molecule has 3 aliphatic rings. The third kappa shape index (κ3) is 3.14. The van der Waals surface area contributed by atoms with Crippen LogP contribution < -0.4 is 5.32 Å². The van der Waals surface area contributed by atoms with Crippen LogP contribution in [0.15, 0.2) is 0 Å². The molecule has 0 radical (unpaired) electrons. The van der Waals surface area contributed by atoms with Crippen LogP contribution >= 0.6 is 0 Å². The Morgan fingerprint density at radius 2 is 1.84 bits per heavy atom. The average molecular weight is 265 g/mol. The third-order valence-corrected chi connectivity index (χ3v) is 5.61. The molecule has 0 aliphatic carbocycles. The fourth-order valence-corrected chi connectivity index (χ4v) is 4.53. The Hall–Kier alpha value is -0.120. The summed E-state index contributed by atoms with van der Waals surface area (Å²) < 4.78 is 0. The van der Waals surface area contributed by atoms with E-state index in [4.69, 9.17) is 0 Å². The number of hydrogen-bond acceptors (Lipinski definition) is 3. The predicted octanol–water partition coefficient (Wildman–Crippen LogP) is 2.08. The van der Waals surface area contributed by atoms with E-state index in [0.717, 1.165) is 18.1 Å². The van der Waals surface area contributed by atoms with Gasteiger partial charge in [0.2, 0.25) is 0 Å². The van der Waals surface area contributed by atoms with Crippen molar-refractivity contribution >= 4 is 0 Å². The monoisotopic (exact) mass is 265 g/mol. The van der Waals surface area contributed by atoms with E-state index in [0.29, 0.717) is 0 Å². The van der Waals surface area contributed by atoms with E-state index in [1.807, 2.05) is 0 Å². The molecule has 3 fully saturated rings. The van der Waals surface area contributed by atoms with Crippen LogP contribution in [0.5, 0.6) is 0 Å². The van der Waals surface area contributed by atoms with Gasteiger partial charge < -0.3 is 10.2 Å². The van der Waals surface area contributed by atoms with Gasteiger partial charge in [-0.05, 0) is 77.7 Å². The van der Waals surface area contributed by atoms with E-state index in [1.165, 1.54) is 77.7 Å². The van der Waals surface area contributed by atoms with E-state index >= 15 is 0 Å². The highest BCUT2D eigenvalue weighted by atomic mass is 15.2. The van der Waals surface area contributed by atoms with Crippen LogP contribution in [0.4, 0.5) is 0 Å². The van der Waals surface area contributed by atoms with Crippen molar-refractivity contribution < 1.29 is 0 Å². The lowest BCUT2D eigenvalue weighted by Crippen LogP contribution is -2.48. The molecule has 0 aromatic rings. The summed E-state index contributed by atoms with van der Waals surface area (Å²) in [6, 6.07) is 2.51. The van der Waals surface area contributed by atoms with Crippen molar-refractivity contribution in [2.75, 3.05) is 32.7 Å². The van der Waals surface area contributed by atoms with Crippen LogP contribution in [0.25, 0.3) is 0 Å². The van der Waals surface area contributed by atoms with Gasteiger partial charge in [-0.1, -0.05) is 6.92 Å². The normalized spacial score (nSPS) is 38.7. The molecule has 19 heavy (non-hydrogen) atoms. The zero-order valence-corrected chi connectivity index (χ0v) is 12.6. The summed E-state index contributed by atoms with van der Waals surface area (Å²) in [6.45, 7) is 8.81. The minimum atomic E-state index is 0.799. The first kappa shape index (κ1) is 13.8. The molecule has 0 bridgehead atoms. The molecule has 3 saturated heterocycles. The van der Waals surface area contributed by atoms with E-state index < -0.39 is 0 Å². The van der Waals surface area contributed by atoms with Crippen molar-refractivity contribution in [3.63, 3.8) is 0 Å². The minimum Gasteiger partial charge on any atom is -0.312 e. The summed E-state index contributed by atoms with van der Waals surface area (Å²) >= 11 is 0. The van der Waals surface area contributed by atoms with Crippen molar-refractivity contribution in [1.29, 1.82) is 0 Å². The van der Waals surface area contributed by atoms with E-state index in [2.05, 4.69) is 22.0 Å². The quantitative estimate of drug-likeness (QED) is 0.843. The van der Waals surface area contributed by atoms with Crippen molar-refractivity contribution in [2.24, 2.45) is 0 Å². The summed E-state index contributed by atoms with van der Waals surface area (Å²) in [5, 5.41) is 3.75. The van der Waals surface area contributed by atoms with Gasteiger partial charge in [0, 0.05) is 18.1 Å². The van der Waals surface area contributed by atoms with Crippen molar-refractivity contribution in [3.8, 4) is 0 Å². The molecule has 0 spiro atoms. The summed E-state index contributed by atoms with van der Waals surface area (Å²) in [5.41, 5.74) is 0. The Balaban J connectivity index is 1.60. The number of rotatable bonds is 3. The first-order chi connectivity index (χ1) is 9.38. The lowest BCUT2D eigenvalue weighted by molar-refractivity contribution is 0.139. The van der Waals surface area contributed by atoms with Crippen molar-refractivity contribution in [2.45, 2.75) is 70.0 Å². The van der Waals surface area contributed by atoms with Crippen LogP contribution in [0, 0.1) is 0 Å². The first-order valence-electron chi connectivity index (χ1n) is 8.60. The Bertz CT molecular complexity index is 275. The van der Waals surface area contributed by atoms with Crippen LogP contribution in [0.1, 0.15) is 51.9 Å². The molecule has 0 saturated carbocycles. The number of nitrogens with one attached hydrogen (secondary N) is 1. The number of hydrogen-bond donors (Lipinski definition) is 1. The van der Waals surface area contributed by atoms with Gasteiger partial charge in [-0.2, -0.15) is 0 Å². The summed E-state index contributed by atoms with van der Waals surface area (Å²) in [7, 11) is 0. The predicted molar refractivity (Wildman–Crippen MR) is 80.5 cm³/mol. The van der Waals surface area contributed by atoms with Gasteiger partial charge in [0.1, 0.15) is 0 Å². The molecule has 3 aliphatic heterocycles. The smallest absolute Gasteiger partial charge is 0.0252 e. The molecule has 0 aromatic carbocycles. The lowest BCUT2D eigenvalue weighted by Gasteiger charge is -2.36. The van der Waals surface area contributed by atoms with Gasteiger partial charge >= 0.3 is 0 Å². The van der Waals surface area contributed by atoms with Gasteiger partial charge in [0.05, 0.1) is 0 Å². The molecule has 1 N–H and O–H groups in total. The lowest BCUT2D eigenvalue weighted by atomic mass is 10.0. The fraction of sp³-hybridized carbons (Fsp3) is 1.00. The molecule has 3 nitrogen and oxygen atoms in total. The Labute approximate surface area is 118 Å². The third-order valence-electron chi connectivity index (χ3n) is 5.61. The molecule has 0 aromatic heterocycles. The Morgan fingerprint density at radius 3 is 2.63 bits per heavy atom. The van der Waals surface area contributed by atoms with Crippen LogP contribution in [0.2, 0.25) is 0 Å². The SMILES string of the molecule is CCN1CCCC(N2CCCC2C2CCCN2)CC1. The highest BCUT2D eigenvalue weighted by Crippen LogP contribution is 2.30. The number of nitrogens with zero attached hydrogens (tertiary/aromatic N) is 2. The maximum atomic E-state index is 3.75. The molecule has 3 heteroatoms. The zero-order valence-electron chi connectivity index (χ0n) is 12.6. The highest BCUT2D eigenvalue weighted by Gasteiger charge is 2.37. The molecule has 3 heterocycles. The molecule has 3 atom stereocenters. The molecule has 110 valence electrons. The van der Waals surface area contributed by atoms with Gasteiger partial charge in [-0.3, -0.25) is 4.90 Å². The van der Waals surface area contributed by atoms with Crippen molar-refractivity contribution in [3.05, 3.63) is 0 Å².